The topological polar surface area (TPSA) is 82.8 Å². The minimum atomic E-state index is -0.410. The van der Waals surface area contributed by atoms with E-state index in [4.69, 9.17) is 4.74 Å². The maximum Gasteiger partial charge on any atom is 0.214 e. The summed E-state index contributed by atoms with van der Waals surface area (Å²) in [6.07, 6.45) is 6.56. The number of H-pyrrole nitrogens is 2. The van der Waals surface area contributed by atoms with Gasteiger partial charge in [-0.05, 0) is 46.8 Å². The fraction of sp³-hybridized carbons (Fsp3) is 0.120. The first-order valence-electron chi connectivity index (χ1n) is 10.1. The van der Waals surface area contributed by atoms with E-state index in [0.717, 1.165) is 44.9 Å². The van der Waals surface area contributed by atoms with Crippen molar-refractivity contribution in [3.05, 3.63) is 90.4 Å². The van der Waals surface area contributed by atoms with Crippen LogP contribution < -0.4 is 10.1 Å². The summed E-state index contributed by atoms with van der Waals surface area (Å²) < 4.78 is 5.28. The number of aromatic nitrogens is 3. The van der Waals surface area contributed by atoms with Gasteiger partial charge in [-0.3, -0.25) is 0 Å². The van der Waals surface area contributed by atoms with E-state index in [1.54, 1.807) is 13.3 Å². The van der Waals surface area contributed by atoms with Crippen LogP contribution in [0.1, 0.15) is 23.1 Å². The van der Waals surface area contributed by atoms with E-state index in [0.29, 0.717) is 5.88 Å². The van der Waals surface area contributed by atoms with Crippen molar-refractivity contribution in [1.29, 1.82) is 0 Å². The molecule has 0 saturated heterocycles. The number of anilines is 1. The third kappa shape index (κ3) is 3.53. The van der Waals surface area contributed by atoms with Crippen LogP contribution in [0.25, 0.3) is 21.8 Å². The molecule has 154 valence electrons. The first kappa shape index (κ1) is 18.9. The molecule has 0 aliphatic rings. The molecular weight excluding hydrogens is 388 g/mol. The number of carbonyl (C=O) groups is 1. The lowest BCUT2D eigenvalue weighted by atomic mass is 9.87. The largest absolute Gasteiger partial charge is 0.481 e. The van der Waals surface area contributed by atoms with Crippen molar-refractivity contribution in [2.75, 3.05) is 12.4 Å². The minimum absolute atomic E-state index is 0.289. The molecule has 5 rings (SSSR count). The van der Waals surface area contributed by atoms with Crippen molar-refractivity contribution >= 4 is 33.8 Å². The van der Waals surface area contributed by atoms with Gasteiger partial charge in [0.2, 0.25) is 5.88 Å². The molecule has 0 bridgehead atoms. The van der Waals surface area contributed by atoms with Gasteiger partial charge in [-0.25, -0.2) is 4.98 Å². The zero-order valence-corrected chi connectivity index (χ0v) is 17.0. The highest BCUT2D eigenvalue weighted by Gasteiger charge is 2.27. The molecule has 6 nitrogen and oxygen atoms in total. The summed E-state index contributed by atoms with van der Waals surface area (Å²) in [6, 6.07) is 19.7. The molecule has 0 saturated carbocycles. The number of carbonyl (C=O) groups excluding carboxylic acids is 1. The SMILES string of the molecule is COc1cc(NC(c2ccc3[nH]ccc3c2)C(C=O)c2c[nH]c3ccccc23)ccn1. The monoisotopic (exact) mass is 410 g/mol. The zero-order valence-electron chi connectivity index (χ0n) is 17.0. The zero-order chi connectivity index (χ0) is 21.2. The highest BCUT2D eigenvalue weighted by Crippen LogP contribution is 2.37. The molecule has 3 aromatic heterocycles. The van der Waals surface area contributed by atoms with Gasteiger partial charge in [0.1, 0.15) is 6.29 Å². The summed E-state index contributed by atoms with van der Waals surface area (Å²) in [5.74, 6) is 0.103. The maximum atomic E-state index is 12.5. The molecule has 5 aromatic rings. The predicted octanol–water partition coefficient (Wildman–Crippen LogP) is 5.19. The number of ether oxygens (including phenoxy) is 1. The Morgan fingerprint density at radius 1 is 1.03 bits per heavy atom. The molecule has 31 heavy (non-hydrogen) atoms. The lowest BCUT2D eigenvalue weighted by Crippen LogP contribution is -2.21. The third-order valence-corrected chi connectivity index (χ3v) is 5.69. The number of benzene rings is 2. The van der Waals surface area contributed by atoms with Gasteiger partial charge in [0, 0.05) is 46.8 Å². The highest BCUT2D eigenvalue weighted by molar-refractivity contribution is 5.87. The van der Waals surface area contributed by atoms with Gasteiger partial charge >= 0.3 is 0 Å². The van der Waals surface area contributed by atoms with Gasteiger partial charge in [0.15, 0.2) is 0 Å². The van der Waals surface area contributed by atoms with E-state index in [1.165, 1.54) is 0 Å². The van der Waals surface area contributed by atoms with Crippen molar-refractivity contribution in [2.45, 2.75) is 12.0 Å². The van der Waals surface area contributed by atoms with Crippen LogP contribution in [-0.4, -0.2) is 28.3 Å². The van der Waals surface area contributed by atoms with Gasteiger partial charge in [-0.1, -0.05) is 24.3 Å². The molecule has 3 N–H and O–H groups in total. The third-order valence-electron chi connectivity index (χ3n) is 5.69. The molecule has 0 aliphatic carbocycles. The maximum absolute atomic E-state index is 12.5. The van der Waals surface area contributed by atoms with Crippen LogP contribution >= 0.6 is 0 Å². The normalized spacial score (nSPS) is 13.2. The van der Waals surface area contributed by atoms with E-state index < -0.39 is 5.92 Å². The Balaban J connectivity index is 1.63. The van der Waals surface area contributed by atoms with Crippen molar-refractivity contribution in [3.63, 3.8) is 0 Å². The van der Waals surface area contributed by atoms with E-state index in [9.17, 15) is 4.79 Å². The lowest BCUT2D eigenvalue weighted by Gasteiger charge is -2.26. The molecule has 0 spiro atoms. The molecule has 0 aliphatic heterocycles. The second-order valence-corrected chi connectivity index (χ2v) is 7.48. The fourth-order valence-electron chi connectivity index (χ4n) is 4.14. The summed E-state index contributed by atoms with van der Waals surface area (Å²) in [6.45, 7) is 0. The van der Waals surface area contributed by atoms with Gasteiger partial charge in [-0.2, -0.15) is 0 Å². The molecule has 3 heterocycles. The number of fused-ring (bicyclic) bond motifs is 2. The number of aldehydes is 1. The van der Waals surface area contributed by atoms with Gasteiger partial charge in [0.05, 0.1) is 19.1 Å². The second-order valence-electron chi connectivity index (χ2n) is 7.48. The smallest absolute Gasteiger partial charge is 0.214 e. The summed E-state index contributed by atoms with van der Waals surface area (Å²) >= 11 is 0. The number of aromatic amines is 2. The Morgan fingerprint density at radius 3 is 2.81 bits per heavy atom. The van der Waals surface area contributed by atoms with E-state index in [-0.39, 0.29) is 6.04 Å². The van der Waals surface area contributed by atoms with Crippen molar-refractivity contribution in [3.8, 4) is 5.88 Å². The second kappa shape index (κ2) is 7.99. The molecule has 0 fully saturated rings. The molecule has 0 radical (unpaired) electrons. The van der Waals surface area contributed by atoms with Crippen molar-refractivity contribution < 1.29 is 9.53 Å². The number of para-hydroxylation sites is 1. The molecule has 0 amide bonds. The Kier molecular flexibility index (Phi) is 4.88. The number of pyridine rings is 1. The molecule has 2 atom stereocenters. The van der Waals surface area contributed by atoms with Crippen LogP contribution in [0.2, 0.25) is 0 Å². The molecular formula is C25H22N4O2. The predicted molar refractivity (Wildman–Crippen MR) is 123 cm³/mol. The van der Waals surface area contributed by atoms with Crippen LogP contribution in [-0.2, 0) is 4.79 Å². The van der Waals surface area contributed by atoms with Crippen LogP contribution in [0.15, 0.2) is 79.3 Å². The number of hydrogen-bond acceptors (Lipinski definition) is 4. The van der Waals surface area contributed by atoms with Crippen molar-refractivity contribution in [1.82, 2.24) is 15.0 Å². The molecule has 6 heteroatoms. The highest BCUT2D eigenvalue weighted by atomic mass is 16.5. The van der Waals surface area contributed by atoms with E-state index >= 15 is 0 Å². The van der Waals surface area contributed by atoms with Crippen LogP contribution in [0.4, 0.5) is 5.69 Å². The Hall–Kier alpha value is -4.06. The van der Waals surface area contributed by atoms with Gasteiger partial charge < -0.3 is 24.8 Å². The summed E-state index contributed by atoms with van der Waals surface area (Å²) in [5.41, 5.74) is 4.87. The number of nitrogens with one attached hydrogen (secondary N) is 3. The summed E-state index contributed by atoms with van der Waals surface area (Å²) in [4.78, 5) is 23.2. The van der Waals surface area contributed by atoms with E-state index in [1.807, 2.05) is 60.9 Å². The van der Waals surface area contributed by atoms with Gasteiger partial charge in [-0.15, -0.1) is 0 Å². The summed E-state index contributed by atoms with van der Waals surface area (Å²) in [5, 5.41) is 5.70. The van der Waals surface area contributed by atoms with Crippen LogP contribution in [0.3, 0.4) is 0 Å². The minimum Gasteiger partial charge on any atom is -0.481 e. The number of methoxy groups -OCH3 is 1. The van der Waals surface area contributed by atoms with Crippen LogP contribution in [0.5, 0.6) is 5.88 Å². The molecule has 2 aromatic carbocycles. The first-order chi connectivity index (χ1) is 15.3. The quantitative estimate of drug-likeness (QED) is 0.323. The summed E-state index contributed by atoms with van der Waals surface area (Å²) in [7, 11) is 1.59. The average Bonchev–Trinajstić information content (AvgIpc) is 3.46. The van der Waals surface area contributed by atoms with E-state index in [2.05, 4.69) is 32.4 Å². The fourth-order valence-corrected chi connectivity index (χ4v) is 4.14. The average molecular weight is 410 g/mol. The van der Waals surface area contributed by atoms with Crippen molar-refractivity contribution in [2.24, 2.45) is 0 Å². The standard InChI is InChI=1S/C25H22N4O2/c1-31-24-13-18(9-11-27-24)29-25(17-6-7-22-16(12-17)8-10-26-22)21(15-30)20-14-28-23-5-3-2-4-19(20)23/h2-15,21,25-26,28H,1H3,(H,27,29). The Bertz CT molecular complexity index is 1350. The number of nitrogens with zero attached hydrogens (tertiary/aromatic N) is 1. The first-order valence-corrected chi connectivity index (χ1v) is 10.1. The Morgan fingerprint density at radius 2 is 1.94 bits per heavy atom. The lowest BCUT2D eigenvalue weighted by molar-refractivity contribution is -0.109. The Labute approximate surface area is 179 Å². The number of rotatable bonds is 7. The van der Waals surface area contributed by atoms with Crippen LogP contribution in [0, 0.1) is 0 Å². The van der Waals surface area contributed by atoms with Gasteiger partial charge in [0.25, 0.3) is 0 Å². The molecule has 2 unspecified atom stereocenters. The number of hydrogen-bond donors (Lipinski definition) is 3.